The van der Waals surface area contributed by atoms with Crippen LogP contribution in [0.1, 0.15) is 26.7 Å². The van der Waals surface area contributed by atoms with Crippen molar-refractivity contribution in [3.63, 3.8) is 0 Å². The van der Waals surface area contributed by atoms with E-state index in [1.165, 1.54) is 0 Å². The second-order valence-corrected chi connectivity index (χ2v) is 21.9. The van der Waals surface area contributed by atoms with Crippen molar-refractivity contribution in [3.8, 4) is 0 Å². The molecule has 0 amide bonds. The molecule has 5 nitrogen and oxygen atoms in total. The van der Waals surface area contributed by atoms with Crippen LogP contribution in [0.5, 0.6) is 0 Å². The van der Waals surface area contributed by atoms with E-state index in [1.807, 2.05) is 6.66 Å². The van der Waals surface area contributed by atoms with Crippen molar-refractivity contribution in [1.29, 1.82) is 0 Å². The Labute approximate surface area is 154 Å². The summed E-state index contributed by atoms with van der Waals surface area (Å²) in [7, 11) is 3.83. The van der Waals surface area contributed by atoms with E-state index in [2.05, 4.69) is 13.8 Å². The van der Waals surface area contributed by atoms with Crippen LogP contribution in [0.3, 0.4) is 0 Å². The summed E-state index contributed by atoms with van der Waals surface area (Å²) in [5, 5.41) is 0. The quantitative estimate of drug-likeness (QED) is 0.341. The van der Waals surface area contributed by atoms with Crippen LogP contribution in [0.4, 0.5) is 0 Å². The Hall–Kier alpha value is 1.36. The van der Waals surface area contributed by atoms with Gasteiger partial charge >= 0.3 is 154 Å². The summed E-state index contributed by atoms with van der Waals surface area (Å²) in [6.45, 7) is 6.37. The average Bonchev–Trinajstić information content (AvgIpc) is 2.49. The fraction of sp³-hybridized carbons (Fsp3) is 1.00. The zero-order valence-corrected chi connectivity index (χ0v) is 20.5. The van der Waals surface area contributed by atoms with Crippen LogP contribution in [0, 0.1) is 0 Å². The van der Waals surface area contributed by atoms with Crippen molar-refractivity contribution in [2.45, 2.75) is 37.8 Å². The summed E-state index contributed by atoms with van der Waals surface area (Å²) in [5.74, 6) is -0.316. The summed E-state index contributed by atoms with van der Waals surface area (Å²) >= 11 is 3.47. The molecule has 23 heavy (non-hydrogen) atoms. The van der Waals surface area contributed by atoms with Crippen molar-refractivity contribution in [2.24, 2.45) is 0 Å². The van der Waals surface area contributed by atoms with E-state index < -0.39 is 24.5 Å². The molecule has 142 valence electrons. The molecule has 2 atom stereocenters. The van der Waals surface area contributed by atoms with Gasteiger partial charge in [-0.25, -0.2) is 0 Å². The summed E-state index contributed by atoms with van der Waals surface area (Å²) in [6.07, 6.45) is 2.07. The summed E-state index contributed by atoms with van der Waals surface area (Å²) < 4.78 is 21.6. The normalized spacial score (nSPS) is 16.1. The molecular weight excluding hydrogens is 387 g/mol. The van der Waals surface area contributed by atoms with Crippen LogP contribution in [-0.2, 0) is 17.7 Å². The Kier molecular flexibility index (Phi) is 14.4. The molecule has 0 spiro atoms. The molecule has 0 radical (unpaired) electrons. The number of hydrogen-bond acceptors (Lipinski definition) is 7. The third-order valence-corrected chi connectivity index (χ3v) is 16.6. The predicted octanol–water partition coefficient (Wildman–Crippen LogP) is 3.16. The fourth-order valence-corrected chi connectivity index (χ4v) is 13.2. The third-order valence-electron chi connectivity index (χ3n) is 3.74. The summed E-state index contributed by atoms with van der Waals surface area (Å²) in [6, 6.07) is 0. The van der Waals surface area contributed by atoms with E-state index >= 15 is 0 Å². The molecular formula is C13H35O5PS2Si2. The second kappa shape index (κ2) is 13.6. The Balaban J connectivity index is 4.01. The fourth-order valence-electron chi connectivity index (χ4n) is 2.30. The first kappa shape index (κ1) is 24.4. The van der Waals surface area contributed by atoms with Crippen LogP contribution in [0.25, 0.3) is 0 Å². The monoisotopic (exact) mass is 422 g/mol. The molecule has 0 saturated heterocycles. The number of rotatable bonds is 14. The van der Waals surface area contributed by atoms with E-state index in [0.717, 1.165) is 24.3 Å². The Morgan fingerprint density at radius 3 is 1.39 bits per heavy atom. The van der Waals surface area contributed by atoms with Crippen LogP contribution in [0.2, 0.25) is 11.1 Å². The van der Waals surface area contributed by atoms with Crippen LogP contribution >= 0.6 is 28.7 Å². The van der Waals surface area contributed by atoms with E-state index in [9.17, 15) is 4.89 Å². The average molecular weight is 423 g/mol. The molecule has 2 unspecified atom stereocenters. The first-order valence-electron chi connectivity index (χ1n) is 7.92. The van der Waals surface area contributed by atoms with E-state index in [0.29, 0.717) is 11.1 Å². The maximum atomic E-state index is 10.6. The van der Waals surface area contributed by atoms with E-state index in [4.69, 9.17) is 17.7 Å². The standard InChI is InChI=1S/C13H35O5PS2Si2/c1-12(22(15-3)16-4)8-10-20-19(7,14)21-11-9-13(2)23(17-5)18-6/h12-14,19,22-23H,8-11H2,1-7H3. The molecule has 0 aromatic carbocycles. The van der Waals surface area contributed by atoms with Crippen LogP contribution in [-0.4, -0.2) is 70.1 Å². The minimum absolute atomic E-state index is 0.461. The molecule has 10 heteroatoms. The number of hydrogen-bond donors (Lipinski definition) is 1. The van der Waals surface area contributed by atoms with E-state index in [-0.39, 0.29) is 0 Å². The third kappa shape index (κ3) is 10.8. The summed E-state index contributed by atoms with van der Waals surface area (Å²) in [4.78, 5) is 10.6. The molecule has 0 aliphatic rings. The van der Waals surface area contributed by atoms with Gasteiger partial charge in [-0.05, 0) is 0 Å². The molecule has 0 aliphatic carbocycles. The van der Waals surface area contributed by atoms with Gasteiger partial charge in [0.2, 0.25) is 0 Å². The van der Waals surface area contributed by atoms with Gasteiger partial charge in [0, 0.05) is 0 Å². The summed E-state index contributed by atoms with van der Waals surface area (Å²) in [5.41, 5.74) is 0.921. The van der Waals surface area contributed by atoms with Gasteiger partial charge in [-0.2, -0.15) is 0 Å². The van der Waals surface area contributed by atoms with Gasteiger partial charge in [0.25, 0.3) is 0 Å². The molecule has 0 aromatic heterocycles. The van der Waals surface area contributed by atoms with Crippen molar-refractivity contribution < 1.29 is 22.6 Å². The van der Waals surface area contributed by atoms with Gasteiger partial charge in [-0.1, -0.05) is 0 Å². The van der Waals surface area contributed by atoms with Crippen molar-refractivity contribution in [3.05, 3.63) is 0 Å². The first-order chi connectivity index (χ1) is 10.8. The molecule has 0 aromatic rings. The molecule has 0 saturated carbocycles. The Morgan fingerprint density at radius 2 is 1.13 bits per heavy atom. The topological polar surface area (TPSA) is 57.2 Å². The molecule has 1 N–H and O–H groups in total. The molecule has 0 rings (SSSR count). The molecule has 0 aliphatic heterocycles. The molecule has 0 bridgehead atoms. The second-order valence-electron chi connectivity index (χ2n) is 5.81. The maximum absolute atomic E-state index is 10.6. The van der Waals surface area contributed by atoms with Crippen LogP contribution < -0.4 is 0 Å². The minimum atomic E-state index is -2.25. The van der Waals surface area contributed by atoms with Gasteiger partial charge in [0.1, 0.15) is 0 Å². The van der Waals surface area contributed by atoms with Gasteiger partial charge < -0.3 is 0 Å². The first-order valence-corrected chi connectivity index (χ1v) is 17.0. The SMILES string of the molecule is CO[SiH](OC)C(C)CCS[PH](C)(O)SCCC(C)[SiH](OC)OC. The van der Waals surface area contributed by atoms with Gasteiger partial charge in [-0.3, -0.25) is 0 Å². The van der Waals surface area contributed by atoms with Crippen LogP contribution in [0.15, 0.2) is 0 Å². The van der Waals surface area contributed by atoms with Crippen molar-refractivity contribution >= 4 is 47.2 Å². The van der Waals surface area contributed by atoms with Crippen molar-refractivity contribution in [2.75, 3.05) is 46.6 Å². The Bertz CT molecular complexity index is 272. The van der Waals surface area contributed by atoms with E-state index in [1.54, 1.807) is 51.2 Å². The van der Waals surface area contributed by atoms with Gasteiger partial charge in [0.15, 0.2) is 0 Å². The predicted molar refractivity (Wildman–Crippen MR) is 112 cm³/mol. The molecule has 0 heterocycles. The zero-order chi connectivity index (χ0) is 17.9. The molecule has 0 fully saturated rings. The van der Waals surface area contributed by atoms with Gasteiger partial charge in [-0.15, -0.1) is 0 Å². The zero-order valence-electron chi connectivity index (χ0n) is 15.5. The van der Waals surface area contributed by atoms with Crippen molar-refractivity contribution in [1.82, 2.24) is 0 Å². The van der Waals surface area contributed by atoms with Gasteiger partial charge in [0.05, 0.1) is 0 Å². The Morgan fingerprint density at radius 1 is 0.826 bits per heavy atom.